The fourth-order valence-corrected chi connectivity index (χ4v) is 2.03. The summed E-state index contributed by atoms with van der Waals surface area (Å²) in [5.74, 6) is -0.109. The van der Waals surface area contributed by atoms with E-state index in [2.05, 4.69) is 20.2 Å². The molecule has 2 heterocycles. The first kappa shape index (κ1) is 14.5. The van der Waals surface area contributed by atoms with E-state index in [9.17, 15) is 9.90 Å². The van der Waals surface area contributed by atoms with Crippen LogP contribution in [0.3, 0.4) is 0 Å². The number of carboxylic acids is 1. The van der Waals surface area contributed by atoms with Gasteiger partial charge in [-0.05, 0) is 32.3 Å². The molecule has 1 fully saturated rings. The van der Waals surface area contributed by atoms with Gasteiger partial charge in [0, 0.05) is 19.3 Å². The van der Waals surface area contributed by atoms with Crippen molar-refractivity contribution in [1.29, 1.82) is 0 Å². The fraction of sp³-hybridized carbons (Fsp3) is 0.615. The number of aliphatic carboxylic acids is 1. The standard InChI is InChI=1S/C13H20N4O3/c1-13(20,11(18)19)9-15-10-5-6-14-12(16-10)17-7-3-2-4-8-17/h5-6,20H,2-4,7-9H2,1H3,(H,18,19)(H,14,15,16). The van der Waals surface area contributed by atoms with Crippen molar-refractivity contribution < 1.29 is 15.0 Å². The molecule has 0 amide bonds. The van der Waals surface area contributed by atoms with Gasteiger partial charge in [-0.1, -0.05) is 0 Å². The lowest BCUT2D eigenvalue weighted by atomic mass is 10.1. The highest BCUT2D eigenvalue weighted by atomic mass is 16.4. The number of anilines is 2. The Labute approximate surface area is 117 Å². The predicted molar refractivity (Wildman–Crippen MR) is 74.8 cm³/mol. The first-order chi connectivity index (χ1) is 9.49. The SMILES string of the molecule is CC(O)(CNc1ccnc(N2CCCCC2)n1)C(=O)O. The van der Waals surface area contributed by atoms with Crippen LogP contribution in [0.2, 0.25) is 0 Å². The fourth-order valence-electron chi connectivity index (χ4n) is 2.03. The molecule has 7 heteroatoms. The zero-order chi connectivity index (χ0) is 14.6. The van der Waals surface area contributed by atoms with E-state index in [4.69, 9.17) is 5.11 Å². The van der Waals surface area contributed by atoms with Crippen LogP contribution >= 0.6 is 0 Å². The van der Waals surface area contributed by atoms with Gasteiger partial charge >= 0.3 is 5.97 Å². The maximum absolute atomic E-state index is 10.8. The number of carboxylic acid groups (broad SMARTS) is 1. The van der Waals surface area contributed by atoms with Crippen molar-refractivity contribution in [3.8, 4) is 0 Å². The van der Waals surface area contributed by atoms with E-state index in [1.54, 1.807) is 12.3 Å². The van der Waals surface area contributed by atoms with Gasteiger partial charge in [-0.3, -0.25) is 0 Å². The third-order valence-electron chi connectivity index (χ3n) is 3.36. The molecule has 1 aromatic rings. The Morgan fingerprint density at radius 2 is 2.15 bits per heavy atom. The minimum Gasteiger partial charge on any atom is -0.479 e. The average Bonchev–Trinajstić information content (AvgIpc) is 2.46. The second-order valence-electron chi connectivity index (χ2n) is 5.22. The molecule has 0 bridgehead atoms. The van der Waals surface area contributed by atoms with Gasteiger partial charge in [0.25, 0.3) is 0 Å². The van der Waals surface area contributed by atoms with Gasteiger partial charge in [0.1, 0.15) is 5.82 Å². The van der Waals surface area contributed by atoms with Crippen molar-refractivity contribution in [2.24, 2.45) is 0 Å². The first-order valence-corrected chi connectivity index (χ1v) is 6.77. The van der Waals surface area contributed by atoms with Gasteiger partial charge in [-0.2, -0.15) is 4.98 Å². The molecule has 1 aliphatic heterocycles. The van der Waals surface area contributed by atoms with E-state index >= 15 is 0 Å². The Bertz CT molecular complexity index is 472. The lowest BCUT2D eigenvalue weighted by molar-refractivity contribution is -0.155. The summed E-state index contributed by atoms with van der Waals surface area (Å²) in [7, 11) is 0. The first-order valence-electron chi connectivity index (χ1n) is 6.77. The molecule has 0 radical (unpaired) electrons. The molecule has 110 valence electrons. The summed E-state index contributed by atoms with van der Waals surface area (Å²) < 4.78 is 0. The van der Waals surface area contributed by atoms with Crippen LogP contribution in [0.25, 0.3) is 0 Å². The van der Waals surface area contributed by atoms with E-state index in [0.717, 1.165) is 25.9 Å². The van der Waals surface area contributed by atoms with E-state index in [0.29, 0.717) is 11.8 Å². The van der Waals surface area contributed by atoms with Crippen LogP contribution in [0.5, 0.6) is 0 Å². The molecule has 7 nitrogen and oxygen atoms in total. The van der Waals surface area contributed by atoms with E-state index in [1.165, 1.54) is 13.3 Å². The zero-order valence-electron chi connectivity index (χ0n) is 11.5. The molecule has 0 aromatic carbocycles. The Morgan fingerprint density at radius 3 is 2.80 bits per heavy atom. The number of piperidine rings is 1. The maximum atomic E-state index is 10.8. The molecule has 0 spiro atoms. The number of aliphatic hydroxyl groups is 1. The van der Waals surface area contributed by atoms with Gasteiger partial charge in [0.2, 0.25) is 5.95 Å². The van der Waals surface area contributed by atoms with Crippen LogP contribution in [-0.2, 0) is 4.79 Å². The van der Waals surface area contributed by atoms with E-state index < -0.39 is 11.6 Å². The Kier molecular flexibility index (Phi) is 4.39. The van der Waals surface area contributed by atoms with Crippen molar-refractivity contribution in [3.05, 3.63) is 12.3 Å². The number of nitrogens with one attached hydrogen (secondary N) is 1. The van der Waals surface area contributed by atoms with Crippen LogP contribution in [0, 0.1) is 0 Å². The molecule has 3 N–H and O–H groups in total. The summed E-state index contributed by atoms with van der Waals surface area (Å²) in [6.45, 7) is 3.01. The normalized spacial score (nSPS) is 18.4. The lowest BCUT2D eigenvalue weighted by Gasteiger charge is -2.27. The summed E-state index contributed by atoms with van der Waals surface area (Å²) in [6.07, 6.45) is 5.13. The maximum Gasteiger partial charge on any atom is 0.337 e. The quantitative estimate of drug-likeness (QED) is 0.730. The molecule has 1 aliphatic rings. The minimum absolute atomic E-state index is 0.112. The molecule has 1 saturated heterocycles. The van der Waals surface area contributed by atoms with Crippen molar-refractivity contribution in [2.45, 2.75) is 31.8 Å². The van der Waals surface area contributed by atoms with Gasteiger partial charge in [-0.25, -0.2) is 9.78 Å². The molecule has 0 saturated carbocycles. The number of nitrogens with zero attached hydrogens (tertiary/aromatic N) is 3. The monoisotopic (exact) mass is 280 g/mol. The molecular weight excluding hydrogens is 260 g/mol. The van der Waals surface area contributed by atoms with Gasteiger partial charge < -0.3 is 20.4 Å². The molecule has 1 unspecified atom stereocenters. The van der Waals surface area contributed by atoms with Crippen molar-refractivity contribution >= 4 is 17.7 Å². The summed E-state index contributed by atoms with van der Waals surface area (Å²) in [5.41, 5.74) is -1.82. The summed E-state index contributed by atoms with van der Waals surface area (Å²) in [5, 5.41) is 21.3. The molecule has 1 atom stereocenters. The van der Waals surface area contributed by atoms with Crippen LogP contribution < -0.4 is 10.2 Å². The minimum atomic E-state index is -1.82. The number of rotatable bonds is 5. The Balaban J connectivity index is 2.00. The third-order valence-corrected chi connectivity index (χ3v) is 3.36. The van der Waals surface area contributed by atoms with Crippen LogP contribution in [-0.4, -0.2) is 51.4 Å². The van der Waals surface area contributed by atoms with Crippen LogP contribution in [0.15, 0.2) is 12.3 Å². The number of aromatic nitrogens is 2. The summed E-state index contributed by atoms with van der Waals surface area (Å²) in [4.78, 5) is 21.5. The summed E-state index contributed by atoms with van der Waals surface area (Å²) in [6, 6.07) is 1.66. The second kappa shape index (κ2) is 6.04. The lowest BCUT2D eigenvalue weighted by Crippen LogP contribution is -2.42. The highest BCUT2D eigenvalue weighted by molar-refractivity contribution is 5.77. The molecule has 0 aliphatic carbocycles. The number of hydrogen-bond donors (Lipinski definition) is 3. The van der Waals surface area contributed by atoms with Crippen LogP contribution in [0.1, 0.15) is 26.2 Å². The van der Waals surface area contributed by atoms with Gasteiger partial charge in [0.15, 0.2) is 5.60 Å². The number of hydrogen-bond acceptors (Lipinski definition) is 6. The van der Waals surface area contributed by atoms with E-state index in [-0.39, 0.29) is 6.54 Å². The summed E-state index contributed by atoms with van der Waals surface area (Å²) >= 11 is 0. The van der Waals surface area contributed by atoms with Crippen molar-refractivity contribution in [2.75, 3.05) is 29.9 Å². The zero-order valence-corrected chi connectivity index (χ0v) is 11.5. The largest absolute Gasteiger partial charge is 0.479 e. The van der Waals surface area contributed by atoms with Crippen molar-refractivity contribution in [3.63, 3.8) is 0 Å². The second-order valence-corrected chi connectivity index (χ2v) is 5.22. The molecule has 2 rings (SSSR count). The van der Waals surface area contributed by atoms with Gasteiger partial charge in [0.05, 0.1) is 6.54 Å². The topological polar surface area (TPSA) is 98.6 Å². The highest BCUT2D eigenvalue weighted by Crippen LogP contribution is 2.17. The average molecular weight is 280 g/mol. The Hall–Kier alpha value is -1.89. The number of carbonyl (C=O) groups is 1. The molecule has 1 aromatic heterocycles. The Morgan fingerprint density at radius 1 is 1.45 bits per heavy atom. The van der Waals surface area contributed by atoms with E-state index in [1.807, 2.05) is 0 Å². The smallest absolute Gasteiger partial charge is 0.337 e. The van der Waals surface area contributed by atoms with Crippen LogP contribution in [0.4, 0.5) is 11.8 Å². The van der Waals surface area contributed by atoms with Crippen molar-refractivity contribution in [1.82, 2.24) is 9.97 Å². The van der Waals surface area contributed by atoms with Gasteiger partial charge in [-0.15, -0.1) is 0 Å². The molecule has 20 heavy (non-hydrogen) atoms. The molecular formula is C13H20N4O3. The third kappa shape index (κ3) is 3.57. The highest BCUT2D eigenvalue weighted by Gasteiger charge is 2.29. The predicted octanol–water partition coefficient (Wildman–Crippen LogP) is 0.714.